The topological polar surface area (TPSA) is 108 Å². The first kappa shape index (κ1) is 17.2. The smallest absolute Gasteiger partial charge is 0.330 e. The van der Waals surface area contributed by atoms with Crippen LogP contribution in [0, 0.1) is 0 Å². The van der Waals surface area contributed by atoms with E-state index in [0.717, 1.165) is 19.3 Å². The number of hydrazine groups is 1. The molecule has 1 heterocycles. The lowest BCUT2D eigenvalue weighted by Crippen LogP contribution is -2.58. The second-order valence-electron chi connectivity index (χ2n) is 5.29. The molecule has 0 radical (unpaired) electrons. The average Bonchev–Trinajstić information content (AvgIpc) is 2.42. The number of carbonyl (C=O) groups is 3. The molecule has 1 aliphatic rings. The lowest BCUT2D eigenvalue weighted by atomic mass is 10.00. The summed E-state index contributed by atoms with van der Waals surface area (Å²) in [6.45, 7) is 4.00. The Bertz CT molecular complexity index is 391. The minimum absolute atomic E-state index is 0.184. The maximum absolute atomic E-state index is 11.9. The minimum atomic E-state index is -1.31. The average molecular weight is 301 g/mol. The summed E-state index contributed by atoms with van der Waals surface area (Å²) in [7, 11) is 1.17. The van der Waals surface area contributed by atoms with Crippen LogP contribution in [0.5, 0.6) is 0 Å². The zero-order valence-electron chi connectivity index (χ0n) is 12.6. The van der Waals surface area contributed by atoms with E-state index >= 15 is 0 Å². The Morgan fingerprint density at radius 1 is 1.29 bits per heavy atom. The number of rotatable bonds is 5. The largest absolute Gasteiger partial charge is 0.480 e. The molecule has 0 spiro atoms. The lowest BCUT2D eigenvalue weighted by molar-refractivity contribution is -0.147. The summed E-state index contributed by atoms with van der Waals surface area (Å²) in [5.41, 5.74) is 2.66. The molecular weight excluding hydrogens is 278 g/mol. The second-order valence-corrected chi connectivity index (χ2v) is 5.29. The highest BCUT2D eigenvalue weighted by Gasteiger charge is 2.28. The first-order chi connectivity index (χ1) is 9.85. The predicted octanol–water partition coefficient (Wildman–Crippen LogP) is 0.480. The van der Waals surface area contributed by atoms with Crippen molar-refractivity contribution in [1.82, 2.24) is 15.8 Å². The van der Waals surface area contributed by atoms with E-state index in [9.17, 15) is 14.4 Å². The fourth-order valence-corrected chi connectivity index (χ4v) is 2.40. The van der Waals surface area contributed by atoms with E-state index in [1.807, 2.05) is 18.9 Å². The van der Waals surface area contributed by atoms with Crippen molar-refractivity contribution in [2.45, 2.75) is 57.7 Å². The van der Waals surface area contributed by atoms with E-state index in [1.54, 1.807) is 0 Å². The Labute approximate surface area is 123 Å². The maximum atomic E-state index is 11.9. The van der Waals surface area contributed by atoms with Crippen LogP contribution in [0.4, 0.5) is 4.79 Å². The quantitative estimate of drug-likeness (QED) is 0.637. The van der Waals surface area contributed by atoms with Gasteiger partial charge in [-0.15, -0.1) is 0 Å². The van der Waals surface area contributed by atoms with Gasteiger partial charge in [-0.05, 0) is 26.7 Å². The molecule has 0 saturated carbocycles. The molecule has 8 nitrogen and oxygen atoms in total. The molecular formula is C13H23N3O5. The van der Waals surface area contributed by atoms with Crippen LogP contribution in [-0.4, -0.2) is 53.3 Å². The van der Waals surface area contributed by atoms with Crippen molar-refractivity contribution >= 4 is 18.0 Å². The minimum Gasteiger partial charge on any atom is -0.480 e. The Hall–Kier alpha value is -1.83. The number of carboxylic acids is 1. The van der Waals surface area contributed by atoms with Crippen molar-refractivity contribution < 1.29 is 24.2 Å². The van der Waals surface area contributed by atoms with Crippen molar-refractivity contribution in [3.8, 4) is 0 Å². The zero-order valence-corrected chi connectivity index (χ0v) is 12.6. The van der Waals surface area contributed by atoms with Crippen LogP contribution in [-0.2, 0) is 14.3 Å². The fraction of sp³-hybridized carbons (Fsp3) is 0.769. The number of aliphatic carboxylic acids is 1. The van der Waals surface area contributed by atoms with Crippen molar-refractivity contribution in [3.05, 3.63) is 0 Å². The van der Waals surface area contributed by atoms with Gasteiger partial charge in [-0.25, -0.2) is 14.6 Å². The number of ether oxygens (including phenoxy) is 1. The molecule has 0 aromatic heterocycles. The van der Waals surface area contributed by atoms with Crippen LogP contribution < -0.4 is 10.7 Å². The Kier molecular flexibility index (Phi) is 6.41. The van der Waals surface area contributed by atoms with Gasteiger partial charge in [0.2, 0.25) is 0 Å². The molecule has 0 aromatic rings. The molecule has 0 aromatic carbocycles. The molecule has 120 valence electrons. The van der Waals surface area contributed by atoms with E-state index in [-0.39, 0.29) is 12.1 Å². The van der Waals surface area contributed by atoms with Crippen LogP contribution in [0.15, 0.2) is 0 Å². The van der Waals surface area contributed by atoms with Gasteiger partial charge < -0.3 is 15.2 Å². The molecule has 0 bridgehead atoms. The first-order valence-electron chi connectivity index (χ1n) is 7.00. The molecule has 3 N–H and O–H groups in total. The highest BCUT2D eigenvalue weighted by atomic mass is 16.5. The lowest BCUT2D eigenvalue weighted by Gasteiger charge is -2.38. The van der Waals surface area contributed by atoms with Crippen molar-refractivity contribution in [2.75, 3.05) is 7.11 Å². The van der Waals surface area contributed by atoms with Gasteiger partial charge in [0.1, 0.15) is 6.04 Å². The molecule has 2 amide bonds. The zero-order chi connectivity index (χ0) is 16.0. The Morgan fingerprint density at radius 3 is 2.33 bits per heavy atom. The predicted molar refractivity (Wildman–Crippen MR) is 74.3 cm³/mol. The number of nitrogens with zero attached hydrogens (tertiary/aromatic N) is 1. The van der Waals surface area contributed by atoms with Crippen LogP contribution >= 0.6 is 0 Å². The van der Waals surface area contributed by atoms with Gasteiger partial charge in [0.05, 0.1) is 13.5 Å². The van der Waals surface area contributed by atoms with Gasteiger partial charge in [0.25, 0.3) is 0 Å². The van der Waals surface area contributed by atoms with E-state index in [0.29, 0.717) is 0 Å². The van der Waals surface area contributed by atoms with E-state index < -0.39 is 30.4 Å². The maximum Gasteiger partial charge on any atom is 0.330 e. The highest BCUT2D eigenvalue weighted by Crippen LogP contribution is 2.20. The SMILES string of the molecule is COC(=O)C[C@H](NC(=O)NN1C(C)CCCC1C)C(=O)O. The van der Waals surface area contributed by atoms with Gasteiger partial charge in [-0.2, -0.15) is 0 Å². The number of carbonyl (C=O) groups excluding carboxylic acids is 2. The Balaban J connectivity index is 2.57. The number of piperidine rings is 1. The van der Waals surface area contributed by atoms with Crippen molar-refractivity contribution in [1.29, 1.82) is 0 Å². The number of methoxy groups -OCH3 is 1. The summed E-state index contributed by atoms with van der Waals surface area (Å²) in [6, 6.07) is -1.58. The molecule has 1 rings (SSSR count). The Morgan fingerprint density at radius 2 is 1.86 bits per heavy atom. The molecule has 1 saturated heterocycles. The van der Waals surface area contributed by atoms with Gasteiger partial charge >= 0.3 is 18.0 Å². The summed E-state index contributed by atoms with van der Waals surface area (Å²) < 4.78 is 4.41. The molecule has 1 fully saturated rings. The van der Waals surface area contributed by atoms with E-state index in [2.05, 4.69) is 15.5 Å². The molecule has 1 aliphatic heterocycles. The summed E-state index contributed by atoms with van der Waals surface area (Å²) in [4.78, 5) is 34.1. The molecule has 8 heteroatoms. The first-order valence-corrected chi connectivity index (χ1v) is 7.00. The summed E-state index contributed by atoms with van der Waals surface area (Å²) >= 11 is 0. The molecule has 2 unspecified atom stereocenters. The van der Waals surface area contributed by atoms with Gasteiger partial charge in [0.15, 0.2) is 0 Å². The third-order valence-corrected chi connectivity index (χ3v) is 3.63. The van der Waals surface area contributed by atoms with Gasteiger partial charge in [-0.3, -0.25) is 10.2 Å². The van der Waals surface area contributed by atoms with E-state index in [1.165, 1.54) is 7.11 Å². The highest BCUT2D eigenvalue weighted by molar-refractivity contribution is 5.86. The standard InChI is InChI=1S/C13H23N3O5/c1-8-5-4-6-9(2)16(8)15-13(20)14-10(12(18)19)7-11(17)21-3/h8-10H,4-7H2,1-3H3,(H,18,19)(H2,14,15,20)/t8?,9?,10-/m0/s1. The van der Waals surface area contributed by atoms with E-state index in [4.69, 9.17) is 5.11 Å². The summed E-state index contributed by atoms with van der Waals surface area (Å²) in [5, 5.41) is 13.1. The summed E-state index contributed by atoms with van der Waals surface area (Å²) in [6.07, 6.45) is 2.62. The van der Waals surface area contributed by atoms with Crippen LogP contribution in [0.25, 0.3) is 0 Å². The normalized spacial score (nSPS) is 24.0. The van der Waals surface area contributed by atoms with Crippen molar-refractivity contribution in [2.24, 2.45) is 0 Å². The number of urea groups is 1. The van der Waals surface area contributed by atoms with Crippen molar-refractivity contribution in [3.63, 3.8) is 0 Å². The molecule has 0 aliphatic carbocycles. The van der Waals surface area contributed by atoms with Crippen LogP contribution in [0.1, 0.15) is 39.5 Å². The summed E-state index contributed by atoms with van der Waals surface area (Å²) in [5.74, 6) is -1.97. The number of nitrogens with one attached hydrogen (secondary N) is 2. The molecule has 3 atom stereocenters. The third kappa shape index (κ3) is 5.22. The number of carboxylic acid groups (broad SMARTS) is 1. The number of hydrogen-bond donors (Lipinski definition) is 3. The van der Waals surface area contributed by atoms with Gasteiger partial charge in [-0.1, -0.05) is 6.42 Å². The monoisotopic (exact) mass is 301 g/mol. The van der Waals surface area contributed by atoms with Crippen LogP contribution in [0.3, 0.4) is 0 Å². The van der Waals surface area contributed by atoms with Gasteiger partial charge in [0, 0.05) is 12.1 Å². The second kappa shape index (κ2) is 7.82. The number of esters is 1. The molecule has 21 heavy (non-hydrogen) atoms. The van der Waals surface area contributed by atoms with Crippen LogP contribution in [0.2, 0.25) is 0 Å². The third-order valence-electron chi connectivity index (χ3n) is 3.63. The number of amides is 2. The fourth-order valence-electron chi connectivity index (χ4n) is 2.40. The number of hydrogen-bond acceptors (Lipinski definition) is 5.